The second-order valence-corrected chi connectivity index (χ2v) is 14.1. The zero-order valence-electron chi connectivity index (χ0n) is 28.6. The van der Waals surface area contributed by atoms with Crippen molar-refractivity contribution >= 4 is 40.6 Å². The van der Waals surface area contributed by atoms with E-state index in [4.69, 9.17) is 0 Å². The highest BCUT2D eigenvalue weighted by molar-refractivity contribution is 6.32. The van der Waals surface area contributed by atoms with Gasteiger partial charge in [0.15, 0.2) is 11.6 Å². The highest BCUT2D eigenvalue weighted by Crippen LogP contribution is 2.64. The number of carbonyl (C=O) groups excluding carboxylic acids is 4. The molecule has 1 heterocycles. The van der Waals surface area contributed by atoms with Gasteiger partial charge in [-0.1, -0.05) is 72.3 Å². The molecule has 6 unspecified atom stereocenters. The maximum atomic E-state index is 15.1. The number of allylic oxidation sites excluding steroid dienone is 4. The molecule has 8 rings (SSSR count). The summed E-state index contributed by atoms with van der Waals surface area (Å²) in [6, 6.07) is 23.0. The summed E-state index contributed by atoms with van der Waals surface area (Å²) in [7, 11) is 0. The minimum absolute atomic E-state index is 0.0461. The molecule has 10 nitrogen and oxygen atoms in total. The summed E-state index contributed by atoms with van der Waals surface area (Å²) in [4.78, 5) is 71.1. The van der Waals surface area contributed by atoms with Gasteiger partial charge in [-0.3, -0.25) is 19.2 Å². The molecular weight excluding hydrogens is 719 g/mol. The monoisotopic (exact) mass is 749 g/mol. The molecule has 2 amide bonds. The van der Waals surface area contributed by atoms with Crippen LogP contribution in [0.15, 0.2) is 115 Å². The number of carbonyl (C=O) groups is 5. The van der Waals surface area contributed by atoms with Gasteiger partial charge in [-0.2, -0.15) is 0 Å². The number of aromatic carboxylic acids is 1. The third-order valence-electron chi connectivity index (χ3n) is 11.4. The summed E-state index contributed by atoms with van der Waals surface area (Å²) < 4.78 is 45.0. The van der Waals surface area contributed by atoms with Gasteiger partial charge in [-0.15, -0.1) is 13.2 Å². The molecule has 2 fully saturated rings. The number of hydrogen-bond acceptors (Lipinski definition) is 8. The molecule has 0 radical (unpaired) electrons. The van der Waals surface area contributed by atoms with Gasteiger partial charge in [-0.25, -0.2) is 9.69 Å². The summed E-state index contributed by atoms with van der Waals surface area (Å²) in [5.41, 5.74) is -1.21. The number of Topliss-reactive ketones (excluding diaryl/α,β-unsaturated/α-hetero) is 1. The molecular formula is C42H30F3NO9. The van der Waals surface area contributed by atoms with Crippen LogP contribution in [0.4, 0.5) is 18.9 Å². The minimum atomic E-state index is -5.11. The Balaban J connectivity index is 1.35. The molecule has 278 valence electrons. The van der Waals surface area contributed by atoms with Gasteiger partial charge in [-0.05, 0) is 66.3 Å². The highest BCUT2D eigenvalue weighted by Gasteiger charge is 2.66. The van der Waals surface area contributed by atoms with Crippen molar-refractivity contribution in [3.8, 4) is 17.2 Å². The van der Waals surface area contributed by atoms with Crippen molar-refractivity contribution in [2.45, 2.75) is 30.5 Å². The maximum Gasteiger partial charge on any atom is 0.573 e. The number of phenols is 2. The average Bonchev–Trinajstić information content (AvgIpc) is 3.41. The molecule has 4 aromatic rings. The van der Waals surface area contributed by atoms with Crippen molar-refractivity contribution < 1.29 is 57.2 Å². The number of phenolic OH excluding ortho intramolecular Hbond substituents is 1. The number of benzene rings is 4. The Morgan fingerprint density at radius 2 is 1.51 bits per heavy atom. The summed E-state index contributed by atoms with van der Waals surface area (Å²) in [6.07, 6.45) is -2.37. The number of fused-ring (bicyclic) bond motifs is 4. The summed E-state index contributed by atoms with van der Waals surface area (Å²) >= 11 is 0. The van der Waals surface area contributed by atoms with Crippen LogP contribution < -0.4 is 9.64 Å². The number of halogens is 3. The number of carboxylic acid groups (broad SMARTS) is 1. The van der Waals surface area contributed by atoms with E-state index < -0.39 is 93.5 Å². The van der Waals surface area contributed by atoms with E-state index in [0.29, 0.717) is 16.7 Å². The normalized spacial score (nSPS) is 26.1. The molecule has 6 atom stereocenters. The van der Waals surface area contributed by atoms with E-state index in [9.17, 15) is 42.9 Å². The molecule has 0 bridgehead atoms. The molecule has 4 aliphatic rings. The van der Waals surface area contributed by atoms with Crippen LogP contribution >= 0.6 is 0 Å². The van der Waals surface area contributed by atoms with Crippen LogP contribution in [0.5, 0.6) is 17.2 Å². The topological polar surface area (TPSA) is 159 Å². The second kappa shape index (κ2) is 12.8. The van der Waals surface area contributed by atoms with E-state index in [1.165, 1.54) is 12.1 Å². The molecule has 3 N–H and O–H groups in total. The Hall–Kier alpha value is -6.50. The van der Waals surface area contributed by atoms with Gasteiger partial charge in [0, 0.05) is 29.0 Å². The number of anilines is 1. The molecule has 0 aromatic heterocycles. The van der Waals surface area contributed by atoms with E-state index in [2.05, 4.69) is 4.74 Å². The molecule has 1 saturated heterocycles. The smallest absolute Gasteiger partial charge is 0.508 e. The van der Waals surface area contributed by atoms with Crippen molar-refractivity contribution in [2.24, 2.45) is 23.7 Å². The number of ether oxygens (including phenoxy) is 1. The number of carboxylic acids is 1. The fourth-order valence-corrected chi connectivity index (χ4v) is 9.27. The van der Waals surface area contributed by atoms with E-state index >= 15 is 9.59 Å². The predicted molar refractivity (Wildman–Crippen MR) is 189 cm³/mol. The van der Waals surface area contributed by atoms with Crippen molar-refractivity contribution in [3.63, 3.8) is 0 Å². The summed E-state index contributed by atoms with van der Waals surface area (Å²) in [5.74, 6) is -11.2. The van der Waals surface area contributed by atoms with Crippen LogP contribution in [0, 0.1) is 23.7 Å². The molecule has 4 aromatic carbocycles. The third kappa shape index (κ3) is 5.52. The minimum Gasteiger partial charge on any atom is -0.508 e. The van der Waals surface area contributed by atoms with Crippen LogP contribution in [-0.4, -0.2) is 51.0 Å². The number of aromatic hydroxyl groups is 2. The number of nitrogens with zero attached hydrogens (tertiary/aromatic N) is 1. The number of ketones is 2. The highest BCUT2D eigenvalue weighted by atomic mass is 19.4. The quantitative estimate of drug-likeness (QED) is 0.144. The number of amides is 2. The third-order valence-corrected chi connectivity index (χ3v) is 11.4. The van der Waals surface area contributed by atoms with Crippen molar-refractivity contribution in [3.05, 3.63) is 137 Å². The Labute approximate surface area is 310 Å². The molecule has 3 aliphatic carbocycles. The van der Waals surface area contributed by atoms with Gasteiger partial charge in [0.2, 0.25) is 11.8 Å². The predicted octanol–water partition coefficient (Wildman–Crippen LogP) is 6.72. The fraction of sp³-hybridized carbons (Fsp3) is 0.214. The molecule has 1 saturated carbocycles. The fourth-order valence-electron chi connectivity index (χ4n) is 9.27. The van der Waals surface area contributed by atoms with Crippen molar-refractivity contribution in [1.82, 2.24) is 0 Å². The number of hydrogen-bond donors (Lipinski definition) is 3. The zero-order valence-corrected chi connectivity index (χ0v) is 28.6. The van der Waals surface area contributed by atoms with E-state index in [0.717, 1.165) is 35.2 Å². The van der Waals surface area contributed by atoms with Gasteiger partial charge in [0.1, 0.15) is 22.8 Å². The zero-order chi connectivity index (χ0) is 39.0. The number of alkyl halides is 3. The van der Waals surface area contributed by atoms with Crippen LogP contribution in [0.1, 0.15) is 45.8 Å². The maximum absolute atomic E-state index is 15.1. The van der Waals surface area contributed by atoms with Crippen LogP contribution in [0.2, 0.25) is 0 Å². The van der Waals surface area contributed by atoms with Crippen LogP contribution in [0.25, 0.3) is 5.57 Å². The lowest BCUT2D eigenvalue weighted by Crippen LogP contribution is -2.58. The Bertz CT molecular complexity index is 2370. The van der Waals surface area contributed by atoms with Crippen molar-refractivity contribution in [2.75, 3.05) is 4.90 Å². The molecule has 0 spiro atoms. The molecule has 13 heteroatoms. The number of imide groups is 1. The van der Waals surface area contributed by atoms with Gasteiger partial charge < -0.3 is 20.1 Å². The van der Waals surface area contributed by atoms with Crippen LogP contribution in [-0.2, 0) is 24.6 Å². The summed E-state index contributed by atoms with van der Waals surface area (Å²) in [5, 5.41) is 31.4. The first-order chi connectivity index (χ1) is 26.2. The first-order valence-corrected chi connectivity index (χ1v) is 17.4. The van der Waals surface area contributed by atoms with Gasteiger partial charge in [0.05, 0.1) is 22.9 Å². The lowest BCUT2D eigenvalue weighted by atomic mass is 9.44. The Morgan fingerprint density at radius 1 is 0.818 bits per heavy atom. The standard InChI is InChI=1S/C42H30F3NO9/c43-42(44,45)55-24-12-16-32(47)30(18-24)36-25-14-15-27-35(39(52)46(38(27)51)23-11-13-26(40(53)54)33(48)17-23)29(25)19-31-37(50)28(21-7-3-1-4-8-21)20-34(49)41(31,36)22-9-5-2-6-10-22/h1-14,16-18,20,27,29,31,35-36,47-48H,15,19H2,(H,53,54). The van der Waals surface area contributed by atoms with Gasteiger partial charge in [0.25, 0.3) is 0 Å². The first kappa shape index (κ1) is 35.5. The Morgan fingerprint density at radius 3 is 2.16 bits per heavy atom. The number of rotatable bonds is 6. The van der Waals surface area contributed by atoms with Gasteiger partial charge >= 0.3 is 12.3 Å². The second-order valence-electron chi connectivity index (χ2n) is 14.1. The summed E-state index contributed by atoms with van der Waals surface area (Å²) in [6.45, 7) is 0. The van der Waals surface area contributed by atoms with E-state index in [1.54, 1.807) is 66.7 Å². The lowest BCUT2D eigenvalue weighted by Gasteiger charge is -2.55. The molecule has 1 aliphatic heterocycles. The lowest BCUT2D eigenvalue weighted by molar-refractivity contribution is -0.274. The molecule has 55 heavy (non-hydrogen) atoms. The SMILES string of the molecule is O=C(O)c1ccc(N2C(=O)C3CC=C4C(CC5C(=O)C(c6ccccc6)=CC(=O)C5(c5ccccc5)C4c4cc(OC(F)(F)F)ccc4O)C3C2=O)cc1O. The first-order valence-electron chi connectivity index (χ1n) is 17.4. The van der Waals surface area contributed by atoms with Crippen LogP contribution in [0.3, 0.4) is 0 Å². The van der Waals surface area contributed by atoms with Crippen molar-refractivity contribution in [1.29, 1.82) is 0 Å². The largest absolute Gasteiger partial charge is 0.573 e. The Kier molecular flexibility index (Phi) is 8.28. The van der Waals surface area contributed by atoms with E-state index in [1.807, 2.05) is 0 Å². The van der Waals surface area contributed by atoms with E-state index in [-0.39, 0.29) is 29.7 Å². The average molecular weight is 750 g/mol.